The second-order valence-electron chi connectivity index (χ2n) is 15.1. The normalized spacial score (nSPS) is 12.2. The van der Waals surface area contributed by atoms with E-state index in [1.54, 1.807) is 0 Å². The van der Waals surface area contributed by atoms with Gasteiger partial charge in [0.1, 0.15) is 23.3 Å². The van der Waals surface area contributed by atoms with Gasteiger partial charge >= 0.3 is 0 Å². The van der Waals surface area contributed by atoms with Gasteiger partial charge in [0, 0.05) is 34.8 Å². The van der Waals surface area contributed by atoms with Crippen molar-refractivity contribution in [3.05, 3.63) is 120 Å². The Morgan fingerprint density at radius 1 is 0.346 bits per heavy atom. The molecule has 52 heavy (non-hydrogen) atoms. The van der Waals surface area contributed by atoms with E-state index in [0.29, 0.717) is 5.82 Å². The van der Waals surface area contributed by atoms with Crippen LogP contribution in [0, 0.1) is 0 Å². The average molecular weight is 681 g/mol. The van der Waals surface area contributed by atoms with Crippen molar-refractivity contribution in [1.82, 2.24) is 29.9 Å². The van der Waals surface area contributed by atoms with Crippen molar-refractivity contribution in [2.24, 2.45) is 0 Å². The first-order chi connectivity index (χ1) is 25.1. The van der Waals surface area contributed by atoms with E-state index in [2.05, 4.69) is 152 Å². The fraction of sp³-hybridized carbons (Fsp3) is 0.261. The number of nitrogens with zero attached hydrogens (tertiary/aromatic N) is 6. The molecular weight excluding hydrogens is 637 g/mol. The van der Waals surface area contributed by atoms with Gasteiger partial charge in [-0.25, -0.2) is 29.9 Å². The molecule has 0 saturated heterocycles. The fourth-order valence-electron chi connectivity index (χ4n) is 7.19. The molecule has 0 unspecified atom stereocenters. The maximum atomic E-state index is 5.07. The largest absolute Gasteiger partial charge is 0.217 e. The SMILES string of the molecule is CC(C)c1nc(-c2ccc3cc(-c4ccccc4-c4ccccc4)c4ccc(-c5nc(C(C)C)nc(C(C)C)n5)c5ccc2c3c54)nc(C(C)C)n1. The zero-order valence-electron chi connectivity index (χ0n) is 31.2. The third kappa shape index (κ3) is 5.76. The van der Waals surface area contributed by atoms with Crippen molar-refractivity contribution >= 4 is 32.3 Å². The van der Waals surface area contributed by atoms with Gasteiger partial charge < -0.3 is 0 Å². The first kappa shape index (κ1) is 33.5. The second-order valence-corrected chi connectivity index (χ2v) is 15.1. The monoisotopic (exact) mass is 680 g/mol. The summed E-state index contributed by atoms with van der Waals surface area (Å²) in [4.78, 5) is 29.9. The Morgan fingerprint density at radius 2 is 0.769 bits per heavy atom. The maximum Gasteiger partial charge on any atom is 0.163 e. The maximum absolute atomic E-state index is 5.07. The van der Waals surface area contributed by atoms with Crippen LogP contribution in [0.15, 0.2) is 97.1 Å². The summed E-state index contributed by atoms with van der Waals surface area (Å²) in [7, 11) is 0. The van der Waals surface area contributed by atoms with Crippen LogP contribution in [0.5, 0.6) is 0 Å². The fourth-order valence-corrected chi connectivity index (χ4v) is 7.19. The van der Waals surface area contributed by atoms with Crippen molar-refractivity contribution in [2.45, 2.75) is 79.1 Å². The lowest BCUT2D eigenvalue weighted by molar-refractivity contribution is 0.697. The van der Waals surface area contributed by atoms with E-state index in [-0.39, 0.29) is 23.7 Å². The molecule has 8 rings (SSSR count). The highest BCUT2D eigenvalue weighted by Gasteiger charge is 2.23. The molecule has 258 valence electrons. The summed E-state index contributed by atoms with van der Waals surface area (Å²) in [5, 5.41) is 6.95. The van der Waals surface area contributed by atoms with E-state index in [1.165, 1.54) is 38.4 Å². The zero-order valence-corrected chi connectivity index (χ0v) is 31.2. The number of benzene rings is 6. The summed E-state index contributed by atoms with van der Waals surface area (Å²) < 4.78 is 0. The second kappa shape index (κ2) is 13.2. The molecule has 0 radical (unpaired) electrons. The Bertz CT molecular complexity index is 2530. The van der Waals surface area contributed by atoms with E-state index in [4.69, 9.17) is 29.9 Å². The Balaban J connectivity index is 1.48. The van der Waals surface area contributed by atoms with E-state index >= 15 is 0 Å². The van der Waals surface area contributed by atoms with E-state index in [9.17, 15) is 0 Å². The average Bonchev–Trinajstić information content (AvgIpc) is 3.16. The van der Waals surface area contributed by atoms with E-state index in [1.807, 2.05) is 0 Å². The van der Waals surface area contributed by atoms with Gasteiger partial charge in [-0.2, -0.15) is 0 Å². The van der Waals surface area contributed by atoms with Crippen LogP contribution in [0.1, 0.15) is 102 Å². The molecular formula is C46H44N6. The molecule has 0 aliphatic rings. The molecule has 2 heterocycles. The van der Waals surface area contributed by atoms with Gasteiger partial charge in [0.2, 0.25) is 0 Å². The van der Waals surface area contributed by atoms with Crippen molar-refractivity contribution in [1.29, 1.82) is 0 Å². The summed E-state index contributed by atoms with van der Waals surface area (Å²) in [6.07, 6.45) is 0. The summed E-state index contributed by atoms with van der Waals surface area (Å²) >= 11 is 0. The lowest BCUT2D eigenvalue weighted by Crippen LogP contribution is -2.08. The topological polar surface area (TPSA) is 77.3 Å². The van der Waals surface area contributed by atoms with Crippen molar-refractivity contribution in [3.8, 4) is 45.0 Å². The highest BCUT2D eigenvalue weighted by atomic mass is 15.0. The quantitative estimate of drug-likeness (QED) is 0.149. The molecule has 0 aliphatic carbocycles. The minimum Gasteiger partial charge on any atom is -0.217 e. The van der Waals surface area contributed by atoms with Crippen LogP contribution in [-0.4, -0.2) is 29.9 Å². The van der Waals surface area contributed by atoms with Crippen LogP contribution in [0.25, 0.3) is 77.3 Å². The first-order valence-electron chi connectivity index (χ1n) is 18.5. The number of hydrogen-bond donors (Lipinski definition) is 0. The smallest absolute Gasteiger partial charge is 0.163 e. The van der Waals surface area contributed by atoms with Crippen molar-refractivity contribution in [2.75, 3.05) is 0 Å². The summed E-state index contributed by atoms with van der Waals surface area (Å²) in [5.74, 6) is 5.41. The molecule has 0 N–H and O–H groups in total. The molecule has 0 fully saturated rings. The lowest BCUT2D eigenvalue weighted by Gasteiger charge is -2.20. The van der Waals surface area contributed by atoms with Crippen LogP contribution in [0.2, 0.25) is 0 Å². The molecule has 0 aliphatic heterocycles. The summed E-state index contributed by atoms with van der Waals surface area (Å²) in [6, 6.07) is 35.1. The third-order valence-corrected chi connectivity index (χ3v) is 9.97. The minimum absolute atomic E-state index is 0.175. The molecule has 0 spiro atoms. The van der Waals surface area contributed by atoms with Crippen LogP contribution in [0.3, 0.4) is 0 Å². The Kier molecular flexibility index (Phi) is 8.49. The van der Waals surface area contributed by atoms with Gasteiger partial charge in [-0.05, 0) is 72.8 Å². The van der Waals surface area contributed by atoms with Gasteiger partial charge in [0.15, 0.2) is 11.6 Å². The molecule has 0 saturated carbocycles. The van der Waals surface area contributed by atoms with Crippen LogP contribution >= 0.6 is 0 Å². The third-order valence-electron chi connectivity index (χ3n) is 9.97. The highest BCUT2D eigenvalue weighted by Crippen LogP contribution is 2.46. The van der Waals surface area contributed by atoms with Crippen molar-refractivity contribution < 1.29 is 0 Å². The molecule has 6 heteroatoms. The number of aromatic nitrogens is 6. The van der Waals surface area contributed by atoms with Gasteiger partial charge in [-0.15, -0.1) is 0 Å². The Labute approximate surface area is 305 Å². The number of rotatable bonds is 8. The predicted octanol–water partition coefficient (Wildman–Crippen LogP) is 12.1. The minimum atomic E-state index is 0.175. The lowest BCUT2D eigenvalue weighted by atomic mass is 9.84. The summed E-state index contributed by atoms with van der Waals surface area (Å²) in [6.45, 7) is 17.1. The summed E-state index contributed by atoms with van der Waals surface area (Å²) in [5.41, 5.74) is 6.79. The Hall–Kier alpha value is -5.62. The van der Waals surface area contributed by atoms with Crippen LogP contribution in [0.4, 0.5) is 0 Å². The van der Waals surface area contributed by atoms with Gasteiger partial charge in [0.05, 0.1) is 0 Å². The molecule has 2 aromatic heterocycles. The molecule has 6 aromatic carbocycles. The van der Waals surface area contributed by atoms with Crippen LogP contribution < -0.4 is 0 Å². The van der Waals surface area contributed by atoms with Gasteiger partial charge in [-0.3, -0.25) is 0 Å². The molecule has 0 amide bonds. The van der Waals surface area contributed by atoms with Crippen molar-refractivity contribution in [3.63, 3.8) is 0 Å². The van der Waals surface area contributed by atoms with E-state index < -0.39 is 0 Å². The standard InChI is InChI=1S/C46H44N6/c1-25(2)41-47-42(26(3)4)50-45(49-41)36-19-18-30-24-38(32-17-13-12-16-31(32)29-14-10-9-11-15-29)35-22-23-37(34-21-20-33(36)39(30)40(34)35)46-51-43(27(5)6)48-44(52-46)28(7)8/h9-28H,1-8H3. The first-order valence-corrected chi connectivity index (χ1v) is 18.5. The van der Waals surface area contributed by atoms with Gasteiger partial charge in [-0.1, -0.05) is 134 Å². The highest BCUT2D eigenvalue weighted by molar-refractivity contribution is 6.30. The molecule has 8 aromatic rings. The molecule has 0 atom stereocenters. The molecule has 0 bridgehead atoms. The molecule has 6 nitrogen and oxygen atoms in total. The van der Waals surface area contributed by atoms with E-state index in [0.717, 1.165) is 56.4 Å². The zero-order chi connectivity index (χ0) is 36.3. The van der Waals surface area contributed by atoms with Crippen LogP contribution in [-0.2, 0) is 0 Å². The Morgan fingerprint density at radius 3 is 1.29 bits per heavy atom. The van der Waals surface area contributed by atoms with Gasteiger partial charge in [0.25, 0.3) is 0 Å². The predicted molar refractivity (Wildman–Crippen MR) is 215 cm³/mol. The number of hydrogen-bond acceptors (Lipinski definition) is 6.